The van der Waals surface area contributed by atoms with E-state index in [0.29, 0.717) is 12.5 Å². The maximum absolute atomic E-state index is 5.17. The van der Waals surface area contributed by atoms with E-state index in [1.165, 1.54) is 0 Å². The monoisotopic (exact) mass is 86.1 g/mol. The van der Waals surface area contributed by atoms with Crippen LogP contribution in [0.2, 0.25) is 0 Å². The van der Waals surface area contributed by atoms with Crippen molar-refractivity contribution in [1.29, 1.82) is 0 Å². The van der Waals surface area contributed by atoms with E-state index in [4.69, 9.17) is 5.73 Å². The van der Waals surface area contributed by atoms with Crippen LogP contribution in [0.15, 0.2) is 0 Å². The standard InChI is InChI=1S/C5H12N/c1-5(2)3-4-6/h3,5H,4,6H2,1-2H3/q+1. The van der Waals surface area contributed by atoms with Crippen molar-refractivity contribution in [3.05, 3.63) is 6.42 Å². The molecular weight excluding hydrogens is 74.1 g/mol. The fourth-order valence-corrected chi connectivity index (χ4v) is 0.272. The number of rotatable bonds is 2. The Morgan fingerprint density at radius 1 is 1.67 bits per heavy atom. The molecular formula is C5H12N+. The second-order valence-corrected chi connectivity index (χ2v) is 1.72. The van der Waals surface area contributed by atoms with Crippen LogP contribution in [0.5, 0.6) is 0 Å². The van der Waals surface area contributed by atoms with Crippen molar-refractivity contribution in [1.82, 2.24) is 0 Å². The molecule has 0 bridgehead atoms. The molecule has 1 nitrogen and oxygen atoms in total. The molecule has 6 heavy (non-hydrogen) atoms. The molecule has 0 rings (SSSR count). The molecule has 0 aliphatic heterocycles. The van der Waals surface area contributed by atoms with E-state index in [-0.39, 0.29) is 0 Å². The van der Waals surface area contributed by atoms with Gasteiger partial charge in [-0.1, -0.05) is 0 Å². The van der Waals surface area contributed by atoms with Crippen molar-refractivity contribution in [3.8, 4) is 0 Å². The lowest BCUT2D eigenvalue weighted by Crippen LogP contribution is -2.03. The molecule has 0 spiro atoms. The van der Waals surface area contributed by atoms with Crippen molar-refractivity contribution < 1.29 is 0 Å². The highest BCUT2D eigenvalue weighted by Crippen LogP contribution is 1.92. The van der Waals surface area contributed by atoms with Gasteiger partial charge in [-0.25, -0.2) is 0 Å². The highest BCUT2D eigenvalue weighted by molar-refractivity contribution is 4.67. The van der Waals surface area contributed by atoms with Gasteiger partial charge in [0.25, 0.3) is 0 Å². The quantitative estimate of drug-likeness (QED) is 0.494. The van der Waals surface area contributed by atoms with E-state index in [1.54, 1.807) is 0 Å². The summed E-state index contributed by atoms with van der Waals surface area (Å²) < 4.78 is 0. The van der Waals surface area contributed by atoms with Crippen LogP contribution >= 0.6 is 0 Å². The van der Waals surface area contributed by atoms with E-state index >= 15 is 0 Å². The van der Waals surface area contributed by atoms with Crippen molar-refractivity contribution in [2.24, 2.45) is 11.7 Å². The topological polar surface area (TPSA) is 26.0 Å². The van der Waals surface area contributed by atoms with E-state index in [1.807, 2.05) is 0 Å². The minimum Gasteiger partial charge on any atom is -0.293 e. The Bertz CT molecular complexity index is 25.1. The number of hydrogen-bond acceptors (Lipinski definition) is 1. The Balaban J connectivity index is 2.63. The normalized spacial score (nSPS) is 9.33. The maximum Gasteiger partial charge on any atom is 0.136 e. The van der Waals surface area contributed by atoms with Gasteiger partial charge in [0, 0.05) is 0 Å². The summed E-state index contributed by atoms with van der Waals surface area (Å²) in [5, 5.41) is 0. The first-order valence-electron chi connectivity index (χ1n) is 2.30. The van der Waals surface area contributed by atoms with Crippen LogP contribution in [0.25, 0.3) is 0 Å². The highest BCUT2D eigenvalue weighted by Gasteiger charge is 1.97. The van der Waals surface area contributed by atoms with Crippen LogP contribution in [-0.2, 0) is 0 Å². The number of hydrogen-bond donors (Lipinski definition) is 1. The van der Waals surface area contributed by atoms with Crippen LogP contribution in [-0.4, -0.2) is 6.54 Å². The van der Waals surface area contributed by atoms with Gasteiger partial charge in [0.15, 0.2) is 0 Å². The van der Waals surface area contributed by atoms with Gasteiger partial charge in [0.05, 0.1) is 12.3 Å². The minimum absolute atomic E-state index is 0.648. The lowest BCUT2D eigenvalue weighted by atomic mass is 10.1. The van der Waals surface area contributed by atoms with Crippen LogP contribution < -0.4 is 5.73 Å². The van der Waals surface area contributed by atoms with Gasteiger partial charge in [-0.3, -0.25) is 5.73 Å². The SMILES string of the molecule is CC(C)[CH+]CN. The van der Waals surface area contributed by atoms with Gasteiger partial charge in [0.1, 0.15) is 6.54 Å². The van der Waals surface area contributed by atoms with Gasteiger partial charge < -0.3 is 0 Å². The van der Waals surface area contributed by atoms with Crippen LogP contribution in [0, 0.1) is 12.3 Å². The molecule has 0 aromatic rings. The summed E-state index contributed by atoms with van der Waals surface area (Å²) in [6.07, 6.45) is 2.07. The van der Waals surface area contributed by atoms with E-state index in [0.717, 1.165) is 0 Å². The molecule has 0 aromatic carbocycles. The van der Waals surface area contributed by atoms with Crippen molar-refractivity contribution in [3.63, 3.8) is 0 Å². The minimum atomic E-state index is 0.648. The Morgan fingerprint density at radius 2 is 2.17 bits per heavy atom. The lowest BCUT2D eigenvalue weighted by Gasteiger charge is -1.84. The predicted molar refractivity (Wildman–Crippen MR) is 28.2 cm³/mol. The first-order valence-corrected chi connectivity index (χ1v) is 2.30. The molecule has 0 unspecified atom stereocenters. The lowest BCUT2D eigenvalue weighted by molar-refractivity contribution is 0.737. The summed E-state index contributed by atoms with van der Waals surface area (Å²) in [6, 6.07) is 0. The largest absolute Gasteiger partial charge is 0.293 e. The summed E-state index contributed by atoms with van der Waals surface area (Å²) in [7, 11) is 0. The molecule has 36 valence electrons. The van der Waals surface area contributed by atoms with Gasteiger partial charge in [-0.2, -0.15) is 0 Å². The molecule has 0 saturated heterocycles. The summed E-state index contributed by atoms with van der Waals surface area (Å²) in [5.41, 5.74) is 5.17. The van der Waals surface area contributed by atoms with Gasteiger partial charge in [-0.15, -0.1) is 0 Å². The first-order chi connectivity index (χ1) is 2.77. The molecule has 0 saturated carbocycles. The molecule has 0 aromatic heterocycles. The molecule has 0 atom stereocenters. The summed E-state index contributed by atoms with van der Waals surface area (Å²) in [5.74, 6) is 0.648. The molecule has 0 heterocycles. The third-order valence-electron chi connectivity index (χ3n) is 0.607. The van der Waals surface area contributed by atoms with Crippen LogP contribution in [0.1, 0.15) is 13.8 Å². The number of nitrogens with two attached hydrogens (primary N) is 1. The average Bonchev–Trinajstić information content (AvgIpc) is 1.35. The average molecular weight is 86.2 g/mol. The second-order valence-electron chi connectivity index (χ2n) is 1.72. The fourth-order valence-electron chi connectivity index (χ4n) is 0.272. The van der Waals surface area contributed by atoms with Crippen molar-refractivity contribution in [2.45, 2.75) is 13.8 Å². The highest BCUT2D eigenvalue weighted by atomic mass is 14.5. The third-order valence-corrected chi connectivity index (χ3v) is 0.607. The summed E-state index contributed by atoms with van der Waals surface area (Å²) in [6.45, 7) is 4.94. The molecule has 0 aliphatic carbocycles. The predicted octanol–water partition coefficient (Wildman–Crippen LogP) is 0.805. The van der Waals surface area contributed by atoms with Gasteiger partial charge >= 0.3 is 0 Å². The fraction of sp³-hybridized carbons (Fsp3) is 0.800. The van der Waals surface area contributed by atoms with E-state index < -0.39 is 0 Å². The Labute approximate surface area is 39.5 Å². The molecule has 0 radical (unpaired) electrons. The molecule has 0 aliphatic rings. The summed E-state index contributed by atoms with van der Waals surface area (Å²) >= 11 is 0. The Hall–Kier alpha value is -0.170. The van der Waals surface area contributed by atoms with E-state index in [2.05, 4.69) is 20.3 Å². The Kier molecular flexibility index (Phi) is 2.95. The van der Waals surface area contributed by atoms with Crippen molar-refractivity contribution in [2.75, 3.05) is 6.54 Å². The molecule has 0 amide bonds. The maximum atomic E-state index is 5.17. The molecule has 0 fully saturated rings. The van der Waals surface area contributed by atoms with Crippen LogP contribution in [0.4, 0.5) is 0 Å². The Morgan fingerprint density at radius 3 is 2.17 bits per heavy atom. The molecule has 2 N–H and O–H groups in total. The van der Waals surface area contributed by atoms with Gasteiger partial charge in [-0.05, 0) is 13.8 Å². The van der Waals surface area contributed by atoms with Gasteiger partial charge in [0.2, 0.25) is 0 Å². The van der Waals surface area contributed by atoms with Crippen LogP contribution in [0.3, 0.4) is 0 Å². The zero-order valence-corrected chi connectivity index (χ0v) is 4.44. The van der Waals surface area contributed by atoms with E-state index in [9.17, 15) is 0 Å². The molecule has 1 heteroatoms. The first kappa shape index (κ1) is 5.83. The zero-order valence-electron chi connectivity index (χ0n) is 4.44. The summed E-state index contributed by atoms with van der Waals surface area (Å²) in [4.78, 5) is 0. The smallest absolute Gasteiger partial charge is 0.136 e. The third kappa shape index (κ3) is 3.83. The second kappa shape index (κ2) is 3.04. The van der Waals surface area contributed by atoms with Crippen molar-refractivity contribution >= 4 is 0 Å². The zero-order chi connectivity index (χ0) is 4.99.